The molecule has 2 amide bonds. The van der Waals surface area contributed by atoms with E-state index in [1.807, 2.05) is 102 Å². The second-order valence-corrected chi connectivity index (χ2v) is 8.05. The molecule has 0 unspecified atom stereocenters. The molecule has 0 N–H and O–H groups in total. The van der Waals surface area contributed by atoms with Gasteiger partial charge in [0.25, 0.3) is 5.91 Å². The molecule has 4 nitrogen and oxygen atoms in total. The second kappa shape index (κ2) is 9.17. The molecule has 0 fully saturated rings. The average molecular weight is 413 g/mol. The summed E-state index contributed by atoms with van der Waals surface area (Å²) in [6.45, 7) is 4.09. The zero-order chi connectivity index (χ0) is 21.8. The van der Waals surface area contributed by atoms with E-state index in [2.05, 4.69) is 6.92 Å². The molecule has 3 aromatic carbocycles. The first-order valence-electron chi connectivity index (χ1n) is 11.0. The van der Waals surface area contributed by atoms with Gasteiger partial charge < -0.3 is 9.80 Å². The number of amides is 2. The molecular weight excluding hydrogens is 384 g/mol. The molecule has 0 spiro atoms. The Labute approximate surface area is 184 Å². The smallest absolute Gasteiger partial charge is 0.258 e. The Balaban J connectivity index is 1.79. The molecule has 1 aliphatic rings. The lowest BCUT2D eigenvalue weighted by atomic mass is 9.89. The van der Waals surface area contributed by atoms with E-state index < -0.39 is 0 Å². The summed E-state index contributed by atoms with van der Waals surface area (Å²) in [5.74, 6) is 0.105. The monoisotopic (exact) mass is 412 g/mol. The van der Waals surface area contributed by atoms with E-state index in [4.69, 9.17) is 0 Å². The summed E-state index contributed by atoms with van der Waals surface area (Å²) in [4.78, 5) is 30.5. The summed E-state index contributed by atoms with van der Waals surface area (Å²) in [6, 6.07) is 27.1. The first kappa shape index (κ1) is 20.9. The van der Waals surface area contributed by atoms with Gasteiger partial charge in [0.05, 0.1) is 6.04 Å². The molecule has 4 heteroatoms. The predicted molar refractivity (Wildman–Crippen MR) is 125 cm³/mol. The lowest BCUT2D eigenvalue weighted by Gasteiger charge is -2.43. The summed E-state index contributed by atoms with van der Waals surface area (Å²) >= 11 is 0. The lowest BCUT2D eigenvalue weighted by Crippen LogP contribution is -2.47. The molecule has 0 aliphatic carbocycles. The molecule has 0 saturated carbocycles. The predicted octanol–water partition coefficient (Wildman–Crippen LogP) is 6.00. The molecule has 4 rings (SSSR count). The van der Waals surface area contributed by atoms with Crippen molar-refractivity contribution < 1.29 is 9.59 Å². The van der Waals surface area contributed by atoms with Gasteiger partial charge in [0.15, 0.2) is 0 Å². The van der Waals surface area contributed by atoms with E-state index in [1.54, 1.807) is 0 Å². The molecular formula is C27H28N2O2. The van der Waals surface area contributed by atoms with Crippen LogP contribution in [0.2, 0.25) is 0 Å². The lowest BCUT2D eigenvalue weighted by molar-refractivity contribution is -0.119. The third-order valence-corrected chi connectivity index (χ3v) is 5.88. The van der Waals surface area contributed by atoms with Crippen LogP contribution in [0.5, 0.6) is 0 Å². The fraction of sp³-hybridized carbons (Fsp3) is 0.259. The minimum atomic E-state index is -0.118. The van der Waals surface area contributed by atoms with E-state index >= 15 is 0 Å². The highest BCUT2D eigenvalue weighted by molar-refractivity contribution is 6.07. The van der Waals surface area contributed by atoms with E-state index in [-0.39, 0.29) is 23.9 Å². The molecule has 2 atom stereocenters. The molecule has 0 bridgehead atoms. The number of para-hydroxylation sites is 2. The Morgan fingerprint density at radius 3 is 2.19 bits per heavy atom. The van der Waals surface area contributed by atoms with E-state index in [1.165, 1.54) is 0 Å². The highest BCUT2D eigenvalue weighted by atomic mass is 16.2. The van der Waals surface area contributed by atoms with E-state index in [0.717, 1.165) is 23.4 Å². The Morgan fingerprint density at radius 1 is 0.903 bits per heavy atom. The van der Waals surface area contributed by atoms with Gasteiger partial charge in [0.2, 0.25) is 5.91 Å². The van der Waals surface area contributed by atoms with Gasteiger partial charge >= 0.3 is 0 Å². The zero-order valence-electron chi connectivity index (χ0n) is 18.1. The van der Waals surface area contributed by atoms with Crippen LogP contribution in [0.15, 0.2) is 84.9 Å². The number of fused-ring (bicyclic) bond motifs is 1. The molecule has 1 heterocycles. The normalized spacial score (nSPS) is 17.7. The van der Waals surface area contributed by atoms with Crippen LogP contribution in [-0.2, 0) is 4.79 Å². The summed E-state index contributed by atoms with van der Waals surface area (Å²) < 4.78 is 0. The van der Waals surface area contributed by atoms with Gasteiger partial charge in [0, 0.05) is 29.4 Å². The maximum absolute atomic E-state index is 13.4. The molecule has 3 aromatic rings. The highest BCUT2D eigenvalue weighted by Crippen LogP contribution is 2.42. The molecule has 1 aliphatic heterocycles. The van der Waals surface area contributed by atoms with Crippen LogP contribution in [0.1, 0.15) is 55.1 Å². The SMILES string of the molecule is CCCC(=O)N(c1ccccc1)[C@@H]1C[C@H](C)N(C(=O)c2ccccc2)c2ccccc21. The first-order chi connectivity index (χ1) is 15.1. The molecule has 0 radical (unpaired) electrons. The second-order valence-electron chi connectivity index (χ2n) is 8.05. The number of anilines is 2. The summed E-state index contributed by atoms with van der Waals surface area (Å²) in [5, 5.41) is 0. The van der Waals surface area contributed by atoms with Gasteiger partial charge in [-0.1, -0.05) is 61.5 Å². The van der Waals surface area contributed by atoms with Crippen molar-refractivity contribution in [2.75, 3.05) is 9.80 Å². The van der Waals surface area contributed by atoms with Crippen LogP contribution < -0.4 is 9.80 Å². The van der Waals surface area contributed by atoms with Crippen LogP contribution >= 0.6 is 0 Å². The minimum Gasteiger partial charge on any atom is -0.305 e. The minimum absolute atomic E-state index is 0.00912. The first-order valence-corrected chi connectivity index (χ1v) is 11.0. The van der Waals surface area contributed by atoms with Crippen molar-refractivity contribution in [1.82, 2.24) is 0 Å². The number of nitrogens with zero attached hydrogens (tertiary/aromatic N) is 2. The van der Waals surface area contributed by atoms with Crippen LogP contribution in [0.25, 0.3) is 0 Å². The summed E-state index contributed by atoms with van der Waals surface area (Å²) in [5.41, 5.74) is 3.46. The topological polar surface area (TPSA) is 40.6 Å². The largest absolute Gasteiger partial charge is 0.305 e. The van der Waals surface area contributed by atoms with Crippen molar-refractivity contribution in [3.05, 3.63) is 96.1 Å². The summed E-state index contributed by atoms with van der Waals surface area (Å²) in [6.07, 6.45) is 1.97. The Kier molecular flexibility index (Phi) is 6.17. The number of benzene rings is 3. The van der Waals surface area contributed by atoms with E-state index in [0.29, 0.717) is 18.4 Å². The molecule has 31 heavy (non-hydrogen) atoms. The summed E-state index contributed by atoms with van der Waals surface area (Å²) in [7, 11) is 0. The Hall–Kier alpha value is -3.40. The molecule has 158 valence electrons. The van der Waals surface area contributed by atoms with Gasteiger partial charge in [-0.05, 0) is 55.7 Å². The average Bonchev–Trinajstić information content (AvgIpc) is 2.80. The van der Waals surface area contributed by atoms with Crippen molar-refractivity contribution in [3.8, 4) is 0 Å². The maximum Gasteiger partial charge on any atom is 0.258 e. The van der Waals surface area contributed by atoms with E-state index in [9.17, 15) is 9.59 Å². The van der Waals surface area contributed by atoms with Crippen LogP contribution in [0.3, 0.4) is 0 Å². The Morgan fingerprint density at radius 2 is 1.52 bits per heavy atom. The number of hydrogen-bond acceptors (Lipinski definition) is 2. The third-order valence-electron chi connectivity index (χ3n) is 5.88. The third kappa shape index (κ3) is 4.11. The van der Waals surface area contributed by atoms with Crippen LogP contribution in [0.4, 0.5) is 11.4 Å². The van der Waals surface area contributed by atoms with Crippen molar-refractivity contribution in [2.24, 2.45) is 0 Å². The van der Waals surface area contributed by atoms with Gasteiger partial charge in [-0.25, -0.2) is 0 Å². The number of hydrogen-bond donors (Lipinski definition) is 0. The van der Waals surface area contributed by atoms with Crippen molar-refractivity contribution in [3.63, 3.8) is 0 Å². The van der Waals surface area contributed by atoms with Gasteiger partial charge in [0.1, 0.15) is 0 Å². The molecule has 0 aromatic heterocycles. The quantitative estimate of drug-likeness (QED) is 0.516. The fourth-order valence-corrected chi connectivity index (χ4v) is 4.48. The van der Waals surface area contributed by atoms with Crippen LogP contribution in [0, 0.1) is 0 Å². The maximum atomic E-state index is 13.4. The van der Waals surface area contributed by atoms with Gasteiger partial charge in [-0.15, -0.1) is 0 Å². The van der Waals surface area contributed by atoms with Gasteiger partial charge in [-0.2, -0.15) is 0 Å². The zero-order valence-corrected chi connectivity index (χ0v) is 18.1. The standard InChI is InChI=1S/C27H28N2O2/c1-3-12-26(30)29(22-15-8-5-9-16-22)25-19-20(2)28(24-18-11-10-17-23(24)25)27(31)21-13-6-4-7-14-21/h4-11,13-18,20,25H,3,12,19H2,1-2H3/t20-,25+/m0/s1. The van der Waals surface area contributed by atoms with Crippen molar-refractivity contribution >= 4 is 23.2 Å². The van der Waals surface area contributed by atoms with Crippen LogP contribution in [-0.4, -0.2) is 17.9 Å². The van der Waals surface area contributed by atoms with Gasteiger partial charge in [-0.3, -0.25) is 9.59 Å². The highest BCUT2D eigenvalue weighted by Gasteiger charge is 2.38. The fourth-order valence-electron chi connectivity index (χ4n) is 4.48. The number of carbonyl (C=O) groups is 2. The van der Waals surface area contributed by atoms with Crippen molar-refractivity contribution in [2.45, 2.75) is 45.2 Å². The van der Waals surface area contributed by atoms with Crippen molar-refractivity contribution in [1.29, 1.82) is 0 Å². The Bertz CT molecular complexity index is 1050. The number of carbonyl (C=O) groups excluding carboxylic acids is 2. The number of rotatable bonds is 5. The molecule has 0 saturated heterocycles.